The summed E-state index contributed by atoms with van der Waals surface area (Å²) in [5.74, 6) is -0.306. The number of ketones is 1. The maximum atomic E-state index is 13.3. The molecule has 0 saturated carbocycles. The van der Waals surface area contributed by atoms with Crippen LogP contribution < -0.4 is 9.64 Å². The third kappa shape index (κ3) is 4.28. The molecule has 0 bridgehead atoms. The van der Waals surface area contributed by atoms with Gasteiger partial charge in [0.05, 0.1) is 29.5 Å². The summed E-state index contributed by atoms with van der Waals surface area (Å²) >= 11 is 0. The first-order valence-corrected chi connectivity index (χ1v) is 12.2. The van der Waals surface area contributed by atoms with E-state index in [0.717, 1.165) is 22.2 Å². The van der Waals surface area contributed by atoms with Crippen molar-refractivity contribution in [1.29, 1.82) is 0 Å². The SMILES string of the molecule is Cc1cc2nc(N3C(=O)C(=O)/C(=C(/O)c4ccc(OCC(C)C)c(C)c4)C3c3ccco3)[nH]c2cc1C. The second kappa shape index (κ2) is 9.28. The molecule has 37 heavy (non-hydrogen) atoms. The molecule has 4 aromatic rings. The van der Waals surface area contributed by atoms with Crippen LogP contribution in [0.25, 0.3) is 16.8 Å². The highest BCUT2D eigenvalue weighted by molar-refractivity contribution is 6.51. The van der Waals surface area contributed by atoms with Gasteiger partial charge in [-0.1, -0.05) is 13.8 Å². The van der Waals surface area contributed by atoms with Crippen molar-refractivity contribution in [2.45, 2.75) is 40.7 Å². The second-order valence-corrected chi connectivity index (χ2v) is 9.88. The van der Waals surface area contributed by atoms with E-state index in [2.05, 4.69) is 23.8 Å². The largest absolute Gasteiger partial charge is 0.507 e. The van der Waals surface area contributed by atoms with Gasteiger partial charge in [0.25, 0.3) is 5.78 Å². The molecule has 1 aliphatic rings. The standard InChI is InChI=1S/C29H29N3O5/c1-15(2)14-37-22-9-8-19(11-18(22)5)26(33)24-25(23-7-6-10-36-23)32(28(35)27(24)34)29-30-20-12-16(3)17(4)13-21(20)31-29/h6-13,15,25,33H,14H2,1-5H3,(H,30,31)/b26-24+. The Morgan fingerprint density at radius 1 is 1.11 bits per heavy atom. The summed E-state index contributed by atoms with van der Waals surface area (Å²) in [4.78, 5) is 35.7. The van der Waals surface area contributed by atoms with Gasteiger partial charge in [0.1, 0.15) is 23.3 Å². The number of anilines is 1. The fourth-order valence-corrected chi connectivity index (χ4v) is 4.51. The molecule has 1 aliphatic heterocycles. The Kier molecular flexibility index (Phi) is 6.11. The zero-order valence-corrected chi connectivity index (χ0v) is 21.5. The number of aromatic nitrogens is 2. The molecule has 0 aliphatic carbocycles. The summed E-state index contributed by atoms with van der Waals surface area (Å²) in [6, 6.07) is 11.4. The number of amides is 1. The Labute approximate surface area is 214 Å². The monoisotopic (exact) mass is 499 g/mol. The summed E-state index contributed by atoms with van der Waals surface area (Å²) in [6.07, 6.45) is 1.46. The van der Waals surface area contributed by atoms with Crippen LogP contribution in [-0.4, -0.2) is 33.4 Å². The number of benzene rings is 2. The van der Waals surface area contributed by atoms with Gasteiger partial charge in [-0.3, -0.25) is 14.5 Å². The number of Topliss-reactive ketones (excluding diaryl/α,β-unsaturated/α-hetero) is 1. The zero-order valence-electron chi connectivity index (χ0n) is 21.5. The first kappa shape index (κ1) is 24.4. The van der Waals surface area contributed by atoms with Crippen LogP contribution in [0.2, 0.25) is 0 Å². The minimum Gasteiger partial charge on any atom is -0.507 e. The molecule has 1 atom stereocenters. The van der Waals surface area contributed by atoms with Gasteiger partial charge < -0.3 is 19.2 Å². The molecule has 1 fully saturated rings. The minimum atomic E-state index is -0.991. The number of hydrogen-bond donors (Lipinski definition) is 2. The predicted molar refractivity (Wildman–Crippen MR) is 141 cm³/mol. The Morgan fingerprint density at radius 3 is 2.54 bits per heavy atom. The van der Waals surface area contributed by atoms with Crippen molar-refractivity contribution in [2.75, 3.05) is 11.5 Å². The number of imidazole rings is 1. The third-order valence-corrected chi connectivity index (χ3v) is 6.59. The number of aliphatic hydroxyl groups is 1. The number of hydrogen-bond acceptors (Lipinski definition) is 6. The number of carbonyl (C=O) groups is 2. The van der Waals surface area contributed by atoms with E-state index in [4.69, 9.17) is 9.15 Å². The summed E-state index contributed by atoms with van der Waals surface area (Å²) < 4.78 is 11.5. The molecule has 0 radical (unpaired) electrons. The number of carbonyl (C=O) groups excluding carboxylic acids is 2. The van der Waals surface area contributed by atoms with E-state index in [1.165, 1.54) is 11.2 Å². The van der Waals surface area contributed by atoms with E-state index in [0.29, 0.717) is 35.1 Å². The number of aromatic amines is 1. The highest BCUT2D eigenvalue weighted by Gasteiger charge is 2.49. The molecule has 190 valence electrons. The number of H-pyrrole nitrogens is 1. The molecule has 2 N–H and O–H groups in total. The normalized spacial score (nSPS) is 17.4. The van der Waals surface area contributed by atoms with Crippen molar-refractivity contribution in [3.05, 3.63) is 82.3 Å². The van der Waals surface area contributed by atoms with Gasteiger partial charge in [0, 0.05) is 5.56 Å². The minimum absolute atomic E-state index is 0.0667. The number of nitrogens with one attached hydrogen (secondary N) is 1. The Balaban J connectivity index is 1.62. The average Bonchev–Trinajstić information content (AvgIpc) is 3.57. The molecule has 1 saturated heterocycles. The van der Waals surface area contributed by atoms with Crippen molar-refractivity contribution in [3.63, 3.8) is 0 Å². The van der Waals surface area contributed by atoms with Crippen LogP contribution in [0.5, 0.6) is 5.75 Å². The van der Waals surface area contributed by atoms with E-state index in [9.17, 15) is 14.7 Å². The second-order valence-electron chi connectivity index (χ2n) is 9.88. The Bertz CT molecular complexity index is 1510. The van der Waals surface area contributed by atoms with Gasteiger partial charge in [-0.25, -0.2) is 4.98 Å². The average molecular weight is 500 g/mol. The van der Waals surface area contributed by atoms with Gasteiger partial charge in [-0.15, -0.1) is 0 Å². The lowest BCUT2D eigenvalue weighted by Gasteiger charge is -2.20. The molecular weight excluding hydrogens is 470 g/mol. The van der Waals surface area contributed by atoms with Crippen LogP contribution in [0, 0.1) is 26.7 Å². The third-order valence-electron chi connectivity index (χ3n) is 6.59. The fourth-order valence-electron chi connectivity index (χ4n) is 4.51. The molecule has 8 nitrogen and oxygen atoms in total. The van der Waals surface area contributed by atoms with Crippen molar-refractivity contribution in [2.24, 2.45) is 5.92 Å². The quantitative estimate of drug-likeness (QED) is 0.199. The van der Waals surface area contributed by atoms with Crippen molar-refractivity contribution in [3.8, 4) is 5.75 Å². The molecule has 1 amide bonds. The van der Waals surface area contributed by atoms with E-state index >= 15 is 0 Å². The molecule has 3 heterocycles. The Morgan fingerprint density at radius 2 is 1.86 bits per heavy atom. The number of aliphatic hydroxyl groups excluding tert-OH is 1. The van der Waals surface area contributed by atoms with Gasteiger partial charge in [-0.05, 0) is 85.8 Å². The smallest absolute Gasteiger partial charge is 0.302 e. The maximum Gasteiger partial charge on any atom is 0.302 e. The number of furan rings is 1. The van der Waals surface area contributed by atoms with E-state index in [1.807, 2.05) is 32.9 Å². The number of nitrogens with zero attached hydrogens (tertiary/aromatic N) is 2. The number of aryl methyl sites for hydroxylation is 3. The molecule has 1 unspecified atom stereocenters. The lowest BCUT2D eigenvalue weighted by Crippen LogP contribution is -2.30. The number of ether oxygens (including phenoxy) is 1. The summed E-state index contributed by atoms with van der Waals surface area (Å²) in [6.45, 7) is 10.5. The van der Waals surface area contributed by atoms with Gasteiger partial charge in [-0.2, -0.15) is 0 Å². The predicted octanol–water partition coefficient (Wildman–Crippen LogP) is 5.74. The summed E-state index contributed by atoms with van der Waals surface area (Å²) in [5.41, 5.74) is 4.69. The molecule has 0 spiro atoms. The number of rotatable bonds is 6. The van der Waals surface area contributed by atoms with Crippen LogP contribution in [0.1, 0.15) is 47.9 Å². The Hall–Kier alpha value is -4.33. The lowest BCUT2D eigenvalue weighted by molar-refractivity contribution is -0.132. The van der Waals surface area contributed by atoms with E-state index in [1.54, 1.807) is 30.3 Å². The van der Waals surface area contributed by atoms with Crippen molar-refractivity contribution in [1.82, 2.24) is 9.97 Å². The molecular formula is C29H29N3O5. The highest BCUT2D eigenvalue weighted by Crippen LogP contribution is 2.42. The van der Waals surface area contributed by atoms with Gasteiger partial charge in [0.2, 0.25) is 5.95 Å². The summed E-state index contributed by atoms with van der Waals surface area (Å²) in [5, 5.41) is 11.4. The van der Waals surface area contributed by atoms with E-state index < -0.39 is 17.7 Å². The van der Waals surface area contributed by atoms with Gasteiger partial charge >= 0.3 is 5.91 Å². The first-order chi connectivity index (χ1) is 17.7. The highest BCUT2D eigenvalue weighted by atomic mass is 16.5. The molecule has 8 heteroatoms. The fraction of sp³-hybridized carbons (Fsp3) is 0.276. The zero-order chi connectivity index (χ0) is 26.4. The lowest BCUT2D eigenvalue weighted by atomic mass is 9.98. The van der Waals surface area contributed by atoms with Crippen LogP contribution in [0.4, 0.5) is 5.95 Å². The van der Waals surface area contributed by atoms with Crippen LogP contribution in [-0.2, 0) is 9.59 Å². The van der Waals surface area contributed by atoms with E-state index in [-0.39, 0.29) is 17.3 Å². The topological polar surface area (TPSA) is 109 Å². The van der Waals surface area contributed by atoms with Crippen molar-refractivity contribution < 1.29 is 23.8 Å². The molecule has 2 aromatic carbocycles. The van der Waals surface area contributed by atoms with Crippen LogP contribution in [0.15, 0.2) is 58.7 Å². The first-order valence-electron chi connectivity index (χ1n) is 12.2. The van der Waals surface area contributed by atoms with Crippen LogP contribution >= 0.6 is 0 Å². The molecule has 5 rings (SSSR count). The van der Waals surface area contributed by atoms with Crippen molar-refractivity contribution >= 4 is 34.4 Å². The maximum absolute atomic E-state index is 13.3. The summed E-state index contributed by atoms with van der Waals surface area (Å²) in [7, 11) is 0. The number of fused-ring (bicyclic) bond motifs is 1. The van der Waals surface area contributed by atoms with Crippen LogP contribution in [0.3, 0.4) is 0 Å². The molecule has 2 aromatic heterocycles. The van der Waals surface area contributed by atoms with Gasteiger partial charge in [0.15, 0.2) is 0 Å².